The summed E-state index contributed by atoms with van der Waals surface area (Å²) in [6.45, 7) is 3.00. The van der Waals surface area contributed by atoms with Gasteiger partial charge in [0.25, 0.3) is 0 Å². The van der Waals surface area contributed by atoms with Crippen LogP contribution in [0.4, 0.5) is 0 Å². The van der Waals surface area contributed by atoms with Crippen molar-refractivity contribution in [2.75, 3.05) is 6.61 Å². The Hall–Kier alpha value is -0.980. The number of aryl methyl sites for hydroxylation is 1. The number of benzene rings is 1. The van der Waals surface area contributed by atoms with Gasteiger partial charge in [0.05, 0.1) is 6.61 Å². The van der Waals surface area contributed by atoms with E-state index < -0.39 is 0 Å². The van der Waals surface area contributed by atoms with Crippen LogP contribution in [0.1, 0.15) is 31.2 Å². The SMILES string of the molecule is Cc1ccc(OCC2CCCC2)cc1. The lowest BCUT2D eigenvalue weighted by Crippen LogP contribution is -2.07. The summed E-state index contributed by atoms with van der Waals surface area (Å²) < 4.78 is 5.74. The fraction of sp³-hybridized carbons (Fsp3) is 0.538. The van der Waals surface area contributed by atoms with E-state index in [0.717, 1.165) is 18.3 Å². The molecule has 0 aliphatic heterocycles. The zero-order valence-electron chi connectivity index (χ0n) is 8.83. The normalized spacial score (nSPS) is 17.2. The Bertz CT molecular complexity index is 270. The van der Waals surface area contributed by atoms with Crippen molar-refractivity contribution in [2.45, 2.75) is 32.6 Å². The van der Waals surface area contributed by atoms with Crippen molar-refractivity contribution in [3.63, 3.8) is 0 Å². The van der Waals surface area contributed by atoms with Crippen molar-refractivity contribution in [1.82, 2.24) is 0 Å². The Morgan fingerprint density at radius 1 is 1.14 bits per heavy atom. The van der Waals surface area contributed by atoms with Crippen molar-refractivity contribution < 1.29 is 4.74 Å². The molecule has 14 heavy (non-hydrogen) atoms. The third kappa shape index (κ3) is 2.50. The van der Waals surface area contributed by atoms with Crippen LogP contribution in [0, 0.1) is 12.8 Å². The van der Waals surface area contributed by atoms with Crippen molar-refractivity contribution in [2.24, 2.45) is 5.92 Å². The molecule has 1 aromatic rings. The lowest BCUT2D eigenvalue weighted by molar-refractivity contribution is 0.252. The minimum Gasteiger partial charge on any atom is -0.493 e. The van der Waals surface area contributed by atoms with Crippen LogP contribution in [0.5, 0.6) is 5.75 Å². The largest absolute Gasteiger partial charge is 0.493 e. The summed E-state index contributed by atoms with van der Waals surface area (Å²) in [5, 5.41) is 0. The van der Waals surface area contributed by atoms with Gasteiger partial charge < -0.3 is 4.74 Å². The van der Waals surface area contributed by atoms with Crippen LogP contribution in [0.25, 0.3) is 0 Å². The maximum Gasteiger partial charge on any atom is 0.119 e. The van der Waals surface area contributed by atoms with Gasteiger partial charge in [-0.3, -0.25) is 0 Å². The molecule has 0 aromatic heterocycles. The molecule has 0 radical (unpaired) electrons. The highest BCUT2D eigenvalue weighted by atomic mass is 16.5. The number of rotatable bonds is 3. The monoisotopic (exact) mass is 190 g/mol. The highest BCUT2D eigenvalue weighted by molar-refractivity contribution is 5.26. The van der Waals surface area contributed by atoms with E-state index in [2.05, 4.69) is 31.2 Å². The highest BCUT2D eigenvalue weighted by Gasteiger charge is 2.15. The first-order chi connectivity index (χ1) is 6.84. The highest BCUT2D eigenvalue weighted by Crippen LogP contribution is 2.25. The van der Waals surface area contributed by atoms with Crippen LogP contribution in [0.15, 0.2) is 24.3 Å². The first kappa shape index (κ1) is 9.57. The van der Waals surface area contributed by atoms with E-state index in [9.17, 15) is 0 Å². The minimum atomic E-state index is 0.802. The zero-order chi connectivity index (χ0) is 9.80. The fourth-order valence-electron chi connectivity index (χ4n) is 2.03. The van der Waals surface area contributed by atoms with E-state index in [1.54, 1.807) is 0 Å². The van der Waals surface area contributed by atoms with Crippen molar-refractivity contribution in [3.05, 3.63) is 29.8 Å². The molecule has 1 heteroatoms. The molecular formula is C13H18O. The zero-order valence-corrected chi connectivity index (χ0v) is 8.83. The predicted molar refractivity (Wildman–Crippen MR) is 58.6 cm³/mol. The van der Waals surface area contributed by atoms with Crippen LogP contribution in [-0.4, -0.2) is 6.61 Å². The van der Waals surface area contributed by atoms with Crippen LogP contribution in [-0.2, 0) is 0 Å². The van der Waals surface area contributed by atoms with E-state index >= 15 is 0 Å². The van der Waals surface area contributed by atoms with Crippen molar-refractivity contribution >= 4 is 0 Å². The number of ether oxygens (including phenoxy) is 1. The predicted octanol–water partition coefficient (Wildman–Crippen LogP) is 3.56. The Morgan fingerprint density at radius 3 is 2.43 bits per heavy atom. The Balaban J connectivity index is 1.82. The molecule has 1 aromatic carbocycles. The van der Waals surface area contributed by atoms with Crippen LogP contribution < -0.4 is 4.74 Å². The second-order valence-corrected chi connectivity index (χ2v) is 4.27. The summed E-state index contributed by atoms with van der Waals surface area (Å²) in [7, 11) is 0. The van der Waals surface area contributed by atoms with Gasteiger partial charge in [-0.05, 0) is 37.8 Å². The molecule has 0 N–H and O–H groups in total. The van der Waals surface area contributed by atoms with Gasteiger partial charge in [-0.2, -0.15) is 0 Å². The molecule has 1 fully saturated rings. The second kappa shape index (κ2) is 4.50. The summed E-state index contributed by atoms with van der Waals surface area (Å²) in [5.41, 5.74) is 1.29. The fourth-order valence-corrected chi connectivity index (χ4v) is 2.03. The maximum atomic E-state index is 5.74. The number of hydrogen-bond donors (Lipinski definition) is 0. The lowest BCUT2D eigenvalue weighted by Gasteiger charge is -2.11. The van der Waals surface area contributed by atoms with Gasteiger partial charge in [-0.15, -0.1) is 0 Å². The molecule has 0 spiro atoms. The minimum absolute atomic E-state index is 0.802. The Morgan fingerprint density at radius 2 is 1.79 bits per heavy atom. The lowest BCUT2D eigenvalue weighted by atomic mass is 10.1. The third-order valence-electron chi connectivity index (χ3n) is 2.98. The van der Waals surface area contributed by atoms with Crippen LogP contribution in [0.3, 0.4) is 0 Å². The topological polar surface area (TPSA) is 9.23 Å². The third-order valence-corrected chi connectivity index (χ3v) is 2.98. The molecule has 76 valence electrons. The van der Waals surface area contributed by atoms with Crippen molar-refractivity contribution in [1.29, 1.82) is 0 Å². The van der Waals surface area contributed by atoms with E-state index in [0.29, 0.717) is 0 Å². The summed E-state index contributed by atoms with van der Waals surface area (Å²) in [5.74, 6) is 1.82. The average molecular weight is 190 g/mol. The Labute approximate surface area is 86.1 Å². The van der Waals surface area contributed by atoms with E-state index in [4.69, 9.17) is 4.74 Å². The van der Waals surface area contributed by atoms with Gasteiger partial charge in [-0.25, -0.2) is 0 Å². The smallest absolute Gasteiger partial charge is 0.119 e. The summed E-state index contributed by atoms with van der Waals surface area (Å²) in [4.78, 5) is 0. The summed E-state index contributed by atoms with van der Waals surface area (Å²) in [6.07, 6.45) is 5.49. The first-order valence-electron chi connectivity index (χ1n) is 5.54. The second-order valence-electron chi connectivity index (χ2n) is 4.27. The number of hydrogen-bond acceptors (Lipinski definition) is 1. The van der Waals surface area contributed by atoms with Gasteiger partial charge >= 0.3 is 0 Å². The van der Waals surface area contributed by atoms with Gasteiger partial charge in [0.2, 0.25) is 0 Å². The summed E-state index contributed by atoms with van der Waals surface area (Å²) in [6, 6.07) is 8.32. The van der Waals surface area contributed by atoms with E-state index in [1.807, 2.05) is 0 Å². The molecular weight excluding hydrogens is 172 g/mol. The maximum absolute atomic E-state index is 5.74. The van der Waals surface area contributed by atoms with Gasteiger partial charge in [-0.1, -0.05) is 30.5 Å². The van der Waals surface area contributed by atoms with Gasteiger partial charge in [0.15, 0.2) is 0 Å². The molecule has 1 aliphatic rings. The van der Waals surface area contributed by atoms with E-state index in [1.165, 1.54) is 31.2 Å². The standard InChI is InChI=1S/C13H18O/c1-11-6-8-13(9-7-11)14-10-12-4-2-3-5-12/h6-9,12H,2-5,10H2,1H3. The molecule has 1 nitrogen and oxygen atoms in total. The van der Waals surface area contributed by atoms with E-state index in [-0.39, 0.29) is 0 Å². The molecule has 0 unspecified atom stereocenters. The molecule has 0 saturated heterocycles. The summed E-state index contributed by atoms with van der Waals surface area (Å²) >= 11 is 0. The molecule has 1 aliphatic carbocycles. The molecule has 0 amide bonds. The van der Waals surface area contributed by atoms with Crippen LogP contribution in [0.2, 0.25) is 0 Å². The first-order valence-corrected chi connectivity index (χ1v) is 5.54. The van der Waals surface area contributed by atoms with Crippen LogP contribution >= 0.6 is 0 Å². The quantitative estimate of drug-likeness (QED) is 0.708. The van der Waals surface area contributed by atoms with Gasteiger partial charge in [0, 0.05) is 0 Å². The Kier molecular flexibility index (Phi) is 3.07. The van der Waals surface area contributed by atoms with Crippen molar-refractivity contribution in [3.8, 4) is 5.75 Å². The average Bonchev–Trinajstić information content (AvgIpc) is 2.70. The molecule has 1 saturated carbocycles. The molecule has 2 rings (SSSR count). The molecule has 0 bridgehead atoms. The molecule has 0 atom stereocenters. The molecule has 0 heterocycles. The van der Waals surface area contributed by atoms with Gasteiger partial charge in [0.1, 0.15) is 5.75 Å².